The lowest BCUT2D eigenvalue weighted by molar-refractivity contribution is 0.161. The summed E-state index contributed by atoms with van der Waals surface area (Å²) in [6, 6.07) is 12.0. The van der Waals surface area contributed by atoms with E-state index in [1.165, 1.54) is 0 Å². The molecule has 0 fully saturated rings. The Bertz CT molecular complexity index is 474. The molecule has 2 N–H and O–H groups in total. The van der Waals surface area contributed by atoms with Gasteiger partial charge in [0, 0.05) is 7.97 Å². The normalized spacial score (nSPS) is 10.5. The zero-order valence-corrected chi connectivity index (χ0v) is 8.53. The molecular formula is C12H15NO2. The van der Waals surface area contributed by atoms with Crippen molar-refractivity contribution in [3.8, 4) is 5.75 Å². The fraction of sp³-hybridized carbons (Fsp3) is 0.167. The van der Waals surface area contributed by atoms with Crippen molar-refractivity contribution in [2.45, 2.75) is 6.54 Å². The van der Waals surface area contributed by atoms with E-state index in [2.05, 4.69) is 5.48 Å². The first kappa shape index (κ1) is 9.96. The second-order valence-corrected chi connectivity index (χ2v) is 3.38. The summed E-state index contributed by atoms with van der Waals surface area (Å²) in [7, 11) is 1.66. The molecule has 0 aromatic heterocycles. The van der Waals surface area contributed by atoms with Crippen LogP contribution in [0.25, 0.3) is 10.8 Å². The van der Waals surface area contributed by atoms with Gasteiger partial charge in [-0.2, -0.15) is 0 Å². The lowest BCUT2D eigenvalue weighted by Crippen LogP contribution is -2.05. The quantitative estimate of drug-likeness (QED) is 0.757. The van der Waals surface area contributed by atoms with Crippen LogP contribution in [0.2, 0.25) is 0 Å². The first-order valence-electron chi connectivity index (χ1n) is 4.77. The van der Waals surface area contributed by atoms with Crippen molar-refractivity contribution in [3.05, 3.63) is 42.0 Å². The molecule has 0 aliphatic carbocycles. The van der Waals surface area contributed by atoms with Gasteiger partial charge in [0.15, 0.2) is 0 Å². The number of fused-ring (bicyclic) bond motifs is 1. The largest absolute Gasteiger partial charge is 0.497 e. The molecule has 2 aromatic rings. The smallest absolute Gasteiger partial charge is 0.119 e. The fourth-order valence-electron chi connectivity index (χ4n) is 1.60. The highest BCUT2D eigenvalue weighted by atomic mass is 16.5. The third kappa shape index (κ3) is 2.09. The van der Waals surface area contributed by atoms with Crippen molar-refractivity contribution in [3.63, 3.8) is 0 Å². The van der Waals surface area contributed by atoms with Gasteiger partial charge in [-0.05, 0) is 34.5 Å². The summed E-state index contributed by atoms with van der Waals surface area (Å²) >= 11 is 0. The second kappa shape index (κ2) is 4.29. The fourth-order valence-corrected chi connectivity index (χ4v) is 1.60. The predicted octanol–water partition coefficient (Wildman–Crippen LogP) is 2.57. The molecule has 80 valence electrons. The summed E-state index contributed by atoms with van der Waals surface area (Å²) in [5.74, 6) is 0.857. The van der Waals surface area contributed by atoms with Crippen molar-refractivity contribution in [1.29, 1.82) is 0 Å². The van der Waals surface area contributed by atoms with E-state index in [9.17, 15) is 0 Å². The highest BCUT2D eigenvalue weighted by Crippen LogP contribution is 2.21. The van der Waals surface area contributed by atoms with E-state index >= 15 is 0 Å². The van der Waals surface area contributed by atoms with E-state index in [-0.39, 0.29) is 1.43 Å². The summed E-state index contributed by atoms with van der Waals surface area (Å²) in [4.78, 5) is 0. The van der Waals surface area contributed by atoms with Crippen molar-refractivity contribution in [1.82, 2.24) is 5.48 Å². The van der Waals surface area contributed by atoms with Crippen LogP contribution in [0.5, 0.6) is 5.75 Å². The summed E-state index contributed by atoms with van der Waals surface area (Å²) in [5.41, 5.74) is 3.20. The van der Waals surface area contributed by atoms with Gasteiger partial charge in [-0.15, -0.1) is 0 Å². The highest BCUT2D eigenvalue weighted by molar-refractivity contribution is 5.84. The Morgan fingerprint density at radius 3 is 2.67 bits per heavy atom. The van der Waals surface area contributed by atoms with Crippen molar-refractivity contribution in [2.75, 3.05) is 7.11 Å². The highest BCUT2D eigenvalue weighted by Gasteiger charge is 1.98. The molecule has 0 aliphatic rings. The summed E-state index contributed by atoms with van der Waals surface area (Å²) < 4.78 is 5.15. The molecule has 3 heteroatoms. The Kier molecular flexibility index (Phi) is 2.85. The first-order valence-corrected chi connectivity index (χ1v) is 4.77. The van der Waals surface area contributed by atoms with Crippen LogP contribution >= 0.6 is 0 Å². The lowest BCUT2D eigenvalue weighted by atomic mass is 10.1. The Labute approximate surface area is 89.7 Å². The number of ether oxygens (including phenoxy) is 1. The summed E-state index contributed by atoms with van der Waals surface area (Å²) in [6.07, 6.45) is 0. The number of hydroxylamine groups is 1. The molecule has 15 heavy (non-hydrogen) atoms. The minimum atomic E-state index is 0. The van der Waals surface area contributed by atoms with Gasteiger partial charge in [0.2, 0.25) is 0 Å². The molecule has 0 saturated carbocycles. The number of hydrogen-bond acceptors (Lipinski definition) is 3. The minimum absolute atomic E-state index is 0. The molecule has 0 aliphatic heterocycles. The lowest BCUT2D eigenvalue weighted by Gasteiger charge is -2.04. The van der Waals surface area contributed by atoms with Crippen molar-refractivity contribution in [2.24, 2.45) is 0 Å². The third-order valence-electron chi connectivity index (χ3n) is 2.40. The molecule has 0 bridgehead atoms. The average Bonchev–Trinajstić information content (AvgIpc) is 2.29. The van der Waals surface area contributed by atoms with Crippen LogP contribution < -0.4 is 10.2 Å². The maximum atomic E-state index is 8.60. The number of hydrogen-bond donors (Lipinski definition) is 2. The molecule has 0 amide bonds. The van der Waals surface area contributed by atoms with Gasteiger partial charge in [-0.3, -0.25) is 0 Å². The molecule has 3 nitrogen and oxygen atoms in total. The second-order valence-electron chi connectivity index (χ2n) is 3.38. The number of methoxy groups -OCH3 is 1. The first-order chi connectivity index (χ1) is 7.33. The van der Waals surface area contributed by atoms with E-state index in [1.807, 2.05) is 36.4 Å². The SMILES string of the molecule is COc1ccc2cc(CNO)ccc2c1.[HH]. The monoisotopic (exact) mass is 205 g/mol. The van der Waals surface area contributed by atoms with Crippen LogP contribution in [0.4, 0.5) is 0 Å². The molecule has 0 spiro atoms. The maximum absolute atomic E-state index is 8.60. The Morgan fingerprint density at radius 1 is 1.20 bits per heavy atom. The van der Waals surface area contributed by atoms with Crippen LogP contribution in [0.15, 0.2) is 36.4 Å². The van der Waals surface area contributed by atoms with Crippen LogP contribution in [0.1, 0.15) is 6.99 Å². The van der Waals surface area contributed by atoms with Gasteiger partial charge >= 0.3 is 0 Å². The predicted molar refractivity (Wildman–Crippen MR) is 61.2 cm³/mol. The molecule has 2 rings (SSSR count). The average molecular weight is 205 g/mol. The van der Waals surface area contributed by atoms with Gasteiger partial charge in [0.05, 0.1) is 7.11 Å². The minimum Gasteiger partial charge on any atom is -0.497 e. The van der Waals surface area contributed by atoms with E-state index in [1.54, 1.807) is 7.11 Å². The van der Waals surface area contributed by atoms with Crippen LogP contribution in [0, 0.1) is 0 Å². The van der Waals surface area contributed by atoms with Crippen molar-refractivity contribution >= 4 is 10.8 Å². The maximum Gasteiger partial charge on any atom is 0.119 e. The molecule has 0 saturated heterocycles. The Morgan fingerprint density at radius 2 is 1.93 bits per heavy atom. The molecule has 2 aromatic carbocycles. The van der Waals surface area contributed by atoms with Gasteiger partial charge < -0.3 is 9.94 Å². The topological polar surface area (TPSA) is 41.5 Å². The number of benzene rings is 2. The van der Waals surface area contributed by atoms with Crippen LogP contribution in [-0.4, -0.2) is 12.3 Å². The standard InChI is InChI=1S/C12H13NO2.H2/c1-15-12-5-4-10-6-9(8-13-14)2-3-11(10)7-12;/h2-7,13-14H,8H2,1H3;1H. The molecule has 0 unspecified atom stereocenters. The van der Waals surface area contributed by atoms with Gasteiger partial charge in [-0.25, -0.2) is 5.48 Å². The van der Waals surface area contributed by atoms with Gasteiger partial charge in [0.25, 0.3) is 0 Å². The zero-order valence-electron chi connectivity index (χ0n) is 8.53. The number of rotatable bonds is 3. The molecular weight excluding hydrogens is 190 g/mol. The van der Waals surface area contributed by atoms with Gasteiger partial charge in [-0.1, -0.05) is 18.2 Å². The Balaban J connectivity index is 0.00000128. The molecule has 0 heterocycles. The zero-order chi connectivity index (χ0) is 10.7. The Hall–Kier alpha value is -1.58. The van der Waals surface area contributed by atoms with E-state index in [0.29, 0.717) is 6.54 Å². The van der Waals surface area contributed by atoms with E-state index in [0.717, 1.165) is 22.1 Å². The van der Waals surface area contributed by atoms with Crippen molar-refractivity contribution < 1.29 is 11.4 Å². The van der Waals surface area contributed by atoms with Gasteiger partial charge in [0.1, 0.15) is 5.75 Å². The molecule has 0 radical (unpaired) electrons. The third-order valence-corrected chi connectivity index (χ3v) is 2.40. The number of nitrogens with one attached hydrogen (secondary N) is 1. The van der Waals surface area contributed by atoms with Crippen LogP contribution in [-0.2, 0) is 6.54 Å². The van der Waals surface area contributed by atoms with E-state index < -0.39 is 0 Å². The van der Waals surface area contributed by atoms with Crippen LogP contribution in [0.3, 0.4) is 0 Å². The summed E-state index contributed by atoms with van der Waals surface area (Å²) in [5, 5.41) is 10.9. The van der Waals surface area contributed by atoms with E-state index in [4.69, 9.17) is 9.94 Å². The molecule has 0 atom stereocenters. The summed E-state index contributed by atoms with van der Waals surface area (Å²) in [6.45, 7) is 0.460.